The highest BCUT2D eigenvalue weighted by Gasteiger charge is 2.25. The topological polar surface area (TPSA) is 46.2 Å². The van der Waals surface area contributed by atoms with E-state index in [4.69, 9.17) is 0 Å². The lowest BCUT2D eigenvalue weighted by Crippen LogP contribution is -2.16. The maximum atomic E-state index is 13.5. The van der Waals surface area contributed by atoms with Gasteiger partial charge in [-0.2, -0.15) is 0 Å². The second kappa shape index (κ2) is 6.07. The minimum absolute atomic E-state index is 0.142. The van der Waals surface area contributed by atoms with Gasteiger partial charge in [-0.15, -0.1) is 0 Å². The zero-order valence-electron chi connectivity index (χ0n) is 10.4. The van der Waals surface area contributed by atoms with E-state index >= 15 is 0 Å². The normalized spacial score (nSPS) is 11.4. The molecule has 112 valence electrons. The Bertz CT molecular complexity index is 740. The molecule has 2 aromatic carbocycles. The number of sulfonamides is 1. The summed E-state index contributed by atoms with van der Waals surface area (Å²) in [6, 6.07) is 6.81. The molecule has 1 N–H and O–H groups in total. The maximum Gasteiger partial charge on any atom is 0.267 e. The zero-order valence-corrected chi connectivity index (χ0v) is 12.8. The van der Waals surface area contributed by atoms with Crippen molar-refractivity contribution in [3.63, 3.8) is 0 Å². The molecule has 0 saturated heterocycles. The monoisotopic (exact) mass is 379 g/mol. The van der Waals surface area contributed by atoms with Gasteiger partial charge in [-0.3, -0.25) is 4.72 Å². The SMILES string of the molecule is O=S(=O)(Nc1ccc(CBr)cc1)c1c(F)cc(F)cc1F. The summed E-state index contributed by atoms with van der Waals surface area (Å²) >= 11 is 3.23. The first-order valence-corrected chi connectivity index (χ1v) is 8.26. The van der Waals surface area contributed by atoms with E-state index in [9.17, 15) is 21.6 Å². The third kappa shape index (κ3) is 3.56. The Hall–Kier alpha value is -1.54. The molecule has 0 aliphatic heterocycles. The van der Waals surface area contributed by atoms with Crippen molar-refractivity contribution in [1.82, 2.24) is 0 Å². The van der Waals surface area contributed by atoms with Crippen LogP contribution in [-0.4, -0.2) is 8.42 Å². The highest BCUT2D eigenvalue weighted by molar-refractivity contribution is 9.08. The molecule has 0 aliphatic carbocycles. The van der Waals surface area contributed by atoms with Crippen molar-refractivity contribution < 1.29 is 21.6 Å². The van der Waals surface area contributed by atoms with E-state index in [0.717, 1.165) is 5.56 Å². The molecule has 0 unspecified atom stereocenters. The van der Waals surface area contributed by atoms with Crippen LogP contribution in [0.1, 0.15) is 5.56 Å². The van der Waals surface area contributed by atoms with E-state index in [1.165, 1.54) is 12.1 Å². The van der Waals surface area contributed by atoms with Crippen LogP contribution in [0.3, 0.4) is 0 Å². The van der Waals surface area contributed by atoms with Crippen LogP contribution in [0.2, 0.25) is 0 Å². The van der Waals surface area contributed by atoms with Gasteiger partial charge in [0, 0.05) is 23.2 Å². The summed E-state index contributed by atoms with van der Waals surface area (Å²) in [6.45, 7) is 0. The quantitative estimate of drug-likeness (QED) is 0.821. The Labute approximate surface area is 128 Å². The van der Waals surface area contributed by atoms with Gasteiger partial charge in [-0.05, 0) is 17.7 Å². The van der Waals surface area contributed by atoms with Gasteiger partial charge < -0.3 is 0 Å². The third-order valence-corrected chi connectivity index (χ3v) is 4.67. The molecule has 8 heteroatoms. The van der Waals surface area contributed by atoms with Crippen molar-refractivity contribution >= 4 is 31.6 Å². The standard InChI is InChI=1S/C13H9BrF3NO2S/c14-7-8-1-3-10(4-2-8)18-21(19,20)13-11(16)5-9(15)6-12(13)17/h1-6,18H,7H2. The van der Waals surface area contributed by atoms with Crippen molar-refractivity contribution in [3.8, 4) is 0 Å². The van der Waals surface area contributed by atoms with Crippen molar-refractivity contribution in [3.05, 3.63) is 59.4 Å². The number of hydrogen-bond acceptors (Lipinski definition) is 2. The summed E-state index contributed by atoms with van der Waals surface area (Å²) in [5, 5.41) is 0.585. The summed E-state index contributed by atoms with van der Waals surface area (Å²) < 4.78 is 65.9. The molecule has 0 radical (unpaired) electrons. The second-order valence-electron chi connectivity index (χ2n) is 4.13. The van der Waals surface area contributed by atoms with Crippen LogP contribution < -0.4 is 4.72 Å². The highest BCUT2D eigenvalue weighted by Crippen LogP contribution is 2.23. The highest BCUT2D eigenvalue weighted by atomic mass is 79.9. The van der Waals surface area contributed by atoms with Crippen LogP contribution in [0.25, 0.3) is 0 Å². The molecule has 0 aliphatic rings. The molecular weight excluding hydrogens is 371 g/mol. The fourth-order valence-electron chi connectivity index (χ4n) is 1.65. The third-order valence-electron chi connectivity index (χ3n) is 2.59. The Morgan fingerprint density at radius 2 is 1.52 bits per heavy atom. The average Bonchev–Trinajstić information content (AvgIpc) is 2.37. The molecule has 0 bridgehead atoms. The minimum Gasteiger partial charge on any atom is -0.279 e. The molecule has 21 heavy (non-hydrogen) atoms. The van der Waals surface area contributed by atoms with E-state index in [0.29, 0.717) is 17.5 Å². The predicted molar refractivity (Wildman–Crippen MR) is 76.2 cm³/mol. The molecule has 0 fully saturated rings. The molecule has 2 aromatic rings. The number of halogens is 4. The van der Waals surface area contributed by atoms with Crippen LogP contribution in [-0.2, 0) is 15.4 Å². The summed E-state index contributed by atoms with van der Waals surface area (Å²) in [4.78, 5) is -1.21. The van der Waals surface area contributed by atoms with Crippen LogP contribution in [0.15, 0.2) is 41.3 Å². The van der Waals surface area contributed by atoms with Gasteiger partial charge in [0.05, 0.1) is 0 Å². The van der Waals surface area contributed by atoms with Gasteiger partial charge in [0.15, 0.2) is 4.90 Å². The lowest BCUT2D eigenvalue weighted by atomic mass is 10.2. The lowest BCUT2D eigenvalue weighted by molar-refractivity contribution is 0.498. The van der Waals surface area contributed by atoms with E-state index in [1.807, 2.05) is 4.72 Å². The second-order valence-corrected chi connectivity index (χ2v) is 6.31. The van der Waals surface area contributed by atoms with Crippen LogP contribution >= 0.6 is 15.9 Å². The molecule has 0 atom stereocenters. The summed E-state index contributed by atoms with van der Waals surface area (Å²) in [7, 11) is -4.49. The summed E-state index contributed by atoms with van der Waals surface area (Å²) in [5.41, 5.74) is 1.04. The van der Waals surface area contributed by atoms with Crippen molar-refractivity contribution in [2.45, 2.75) is 10.2 Å². The molecule has 3 nitrogen and oxygen atoms in total. The predicted octanol–water partition coefficient (Wildman–Crippen LogP) is 3.80. The van der Waals surface area contributed by atoms with E-state index in [1.54, 1.807) is 12.1 Å². The fraction of sp³-hybridized carbons (Fsp3) is 0.0769. The van der Waals surface area contributed by atoms with Crippen LogP contribution in [0.5, 0.6) is 0 Å². The summed E-state index contributed by atoms with van der Waals surface area (Å²) in [5.74, 6) is -4.17. The van der Waals surface area contributed by atoms with Gasteiger partial charge >= 0.3 is 0 Å². The lowest BCUT2D eigenvalue weighted by Gasteiger charge is -2.10. The maximum absolute atomic E-state index is 13.5. The van der Waals surface area contributed by atoms with E-state index < -0.39 is 32.4 Å². The number of rotatable bonds is 4. The van der Waals surface area contributed by atoms with Gasteiger partial charge in [-0.1, -0.05) is 28.1 Å². The van der Waals surface area contributed by atoms with Crippen molar-refractivity contribution in [1.29, 1.82) is 0 Å². The minimum atomic E-state index is -4.49. The molecule has 0 amide bonds. The first-order valence-electron chi connectivity index (χ1n) is 5.66. The van der Waals surface area contributed by atoms with E-state index in [2.05, 4.69) is 15.9 Å². The number of nitrogens with one attached hydrogen (secondary N) is 1. The Morgan fingerprint density at radius 3 is 2.00 bits per heavy atom. The van der Waals surface area contributed by atoms with Gasteiger partial charge in [0.2, 0.25) is 0 Å². The number of anilines is 1. The number of alkyl halides is 1. The average molecular weight is 380 g/mol. The van der Waals surface area contributed by atoms with Crippen molar-refractivity contribution in [2.75, 3.05) is 4.72 Å². The molecule has 0 heterocycles. The zero-order chi connectivity index (χ0) is 15.6. The Kier molecular flexibility index (Phi) is 4.58. The molecule has 2 rings (SSSR count). The van der Waals surface area contributed by atoms with Crippen LogP contribution in [0, 0.1) is 17.5 Å². The molecular formula is C13H9BrF3NO2S. The van der Waals surface area contributed by atoms with Gasteiger partial charge in [0.25, 0.3) is 10.0 Å². The summed E-state index contributed by atoms with van der Waals surface area (Å²) in [6.07, 6.45) is 0. The molecule has 0 spiro atoms. The smallest absolute Gasteiger partial charge is 0.267 e. The van der Waals surface area contributed by atoms with Gasteiger partial charge in [0.1, 0.15) is 17.5 Å². The van der Waals surface area contributed by atoms with E-state index in [-0.39, 0.29) is 5.69 Å². The molecule has 0 aromatic heterocycles. The van der Waals surface area contributed by atoms with Crippen molar-refractivity contribution in [2.24, 2.45) is 0 Å². The Balaban J connectivity index is 2.38. The number of benzene rings is 2. The van der Waals surface area contributed by atoms with Gasteiger partial charge in [-0.25, -0.2) is 21.6 Å². The Morgan fingerprint density at radius 1 is 1.00 bits per heavy atom. The largest absolute Gasteiger partial charge is 0.279 e. The fourth-order valence-corrected chi connectivity index (χ4v) is 3.21. The van der Waals surface area contributed by atoms with Crippen LogP contribution in [0.4, 0.5) is 18.9 Å². The number of hydrogen-bond donors (Lipinski definition) is 1. The first-order chi connectivity index (χ1) is 9.83. The molecule has 0 saturated carbocycles. The first kappa shape index (κ1) is 15.8.